The third-order valence-corrected chi connectivity index (χ3v) is 4.92. The highest BCUT2D eigenvalue weighted by Crippen LogP contribution is 2.45. The minimum absolute atomic E-state index is 0.235. The van der Waals surface area contributed by atoms with E-state index >= 15 is 0 Å². The molecule has 1 unspecified atom stereocenters. The van der Waals surface area contributed by atoms with Gasteiger partial charge in [-0.15, -0.1) is 0 Å². The van der Waals surface area contributed by atoms with Crippen molar-refractivity contribution in [1.82, 2.24) is 0 Å². The summed E-state index contributed by atoms with van der Waals surface area (Å²) in [5.74, 6) is -0.716. The molecule has 1 aliphatic rings. The number of carbonyl (C=O) groups is 2. The van der Waals surface area contributed by atoms with Gasteiger partial charge in [-0.05, 0) is 38.0 Å². The van der Waals surface area contributed by atoms with Gasteiger partial charge in [0, 0.05) is 17.0 Å². The number of hydrogen-bond acceptors (Lipinski definition) is 3. The summed E-state index contributed by atoms with van der Waals surface area (Å²) < 4.78 is 0. The summed E-state index contributed by atoms with van der Waals surface area (Å²) in [6, 6.07) is 11.0. The van der Waals surface area contributed by atoms with E-state index in [-0.39, 0.29) is 18.7 Å². The number of nitrogens with zero attached hydrogens (tertiary/aromatic N) is 1. The Bertz CT molecular complexity index is 877. The number of aliphatic hydroxyl groups is 1. The van der Waals surface area contributed by atoms with Crippen molar-refractivity contribution in [2.24, 2.45) is 0 Å². The number of halogens is 1. The van der Waals surface area contributed by atoms with Gasteiger partial charge in [0.25, 0.3) is 5.91 Å². The maximum absolute atomic E-state index is 13.1. The molecule has 1 N–H and O–H groups in total. The second-order valence-corrected chi connectivity index (χ2v) is 7.11. The van der Waals surface area contributed by atoms with E-state index in [1.54, 1.807) is 12.1 Å². The van der Waals surface area contributed by atoms with Crippen molar-refractivity contribution < 1.29 is 14.7 Å². The average Bonchev–Trinajstić information content (AvgIpc) is 2.71. The van der Waals surface area contributed by atoms with Crippen molar-refractivity contribution in [1.29, 1.82) is 0 Å². The molecule has 1 atom stereocenters. The van der Waals surface area contributed by atoms with Crippen molar-refractivity contribution in [3.8, 4) is 0 Å². The van der Waals surface area contributed by atoms with Crippen LogP contribution < -0.4 is 4.90 Å². The van der Waals surface area contributed by atoms with Crippen molar-refractivity contribution in [2.45, 2.75) is 39.3 Å². The first kappa shape index (κ1) is 17.6. The number of carbonyl (C=O) groups excluding carboxylic acids is 2. The van der Waals surface area contributed by atoms with Crippen molar-refractivity contribution in [2.75, 3.05) is 4.90 Å². The zero-order chi connectivity index (χ0) is 18.4. The molecule has 0 radical (unpaired) electrons. The van der Waals surface area contributed by atoms with Gasteiger partial charge in [0.05, 0.1) is 12.2 Å². The highest BCUT2D eigenvalue weighted by molar-refractivity contribution is 6.31. The molecule has 0 aromatic heterocycles. The van der Waals surface area contributed by atoms with Gasteiger partial charge in [-0.25, -0.2) is 0 Å². The highest BCUT2D eigenvalue weighted by atomic mass is 35.5. The fourth-order valence-corrected chi connectivity index (χ4v) is 3.75. The van der Waals surface area contributed by atoms with Crippen molar-refractivity contribution in [3.63, 3.8) is 0 Å². The predicted octanol–water partition coefficient (Wildman–Crippen LogP) is 3.67. The normalized spacial score (nSPS) is 19.2. The van der Waals surface area contributed by atoms with E-state index in [4.69, 9.17) is 11.6 Å². The van der Waals surface area contributed by atoms with Crippen LogP contribution in [-0.4, -0.2) is 16.8 Å². The molecule has 0 spiro atoms. The van der Waals surface area contributed by atoms with Crippen LogP contribution in [0.5, 0.6) is 0 Å². The molecule has 0 saturated carbocycles. The Morgan fingerprint density at radius 2 is 1.92 bits per heavy atom. The summed E-state index contributed by atoms with van der Waals surface area (Å²) in [5.41, 5.74) is 1.95. The second kappa shape index (κ2) is 6.28. The summed E-state index contributed by atoms with van der Waals surface area (Å²) in [7, 11) is 0. The Morgan fingerprint density at radius 3 is 2.56 bits per heavy atom. The summed E-state index contributed by atoms with van der Waals surface area (Å²) in [4.78, 5) is 26.3. The molecule has 1 amide bonds. The topological polar surface area (TPSA) is 57.6 Å². The summed E-state index contributed by atoms with van der Waals surface area (Å²) in [5, 5.41) is 11.7. The molecule has 130 valence electrons. The van der Waals surface area contributed by atoms with Gasteiger partial charge in [0.1, 0.15) is 5.78 Å². The van der Waals surface area contributed by atoms with Crippen LogP contribution in [0.25, 0.3) is 0 Å². The molecular formula is C20H20ClNO3. The van der Waals surface area contributed by atoms with Gasteiger partial charge in [-0.3, -0.25) is 9.59 Å². The number of aryl methyl sites for hydroxylation is 2. The minimum Gasteiger partial charge on any atom is -0.375 e. The fraction of sp³-hybridized carbons (Fsp3) is 0.300. The van der Waals surface area contributed by atoms with Gasteiger partial charge in [0.15, 0.2) is 5.60 Å². The van der Waals surface area contributed by atoms with E-state index in [0.717, 1.165) is 16.7 Å². The monoisotopic (exact) mass is 357 g/mol. The molecule has 1 aliphatic heterocycles. The smallest absolute Gasteiger partial charge is 0.264 e. The largest absolute Gasteiger partial charge is 0.375 e. The van der Waals surface area contributed by atoms with Crippen LogP contribution in [0.15, 0.2) is 36.4 Å². The van der Waals surface area contributed by atoms with E-state index in [0.29, 0.717) is 16.3 Å². The molecule has 5 heteroatoms. The van der Waals surface area contributed by atoms with E-state index in [1.165, 1.54) is 11.8 Å². The Kier molecular flexibility index (Phi) is 4.43. The van der Waals surface area contributed by atoms with E-state index in [1.807, 2.05) is 38.1 Å². The van der Waals surface area contributed by atoms with Gasteiger partial charge in [-0.1, -0.05) is 47.5 Å². The Labute approximate surface area is 152 Å². The Hall–Kier alpha value is -2.17. The summed E-state index contributed by atoms with van der Waals surface area (Å²) in [6.07, 6.45) is -0.235. The Morgan fingerprint density at radius 1 is 1.24 bits per heavy atom. The van der Waals surface area contributed by atoms with Gasteiger partial charge in [-0.2, -0.15) is 0 Å². The zero-order valence-corrected chi connectivity index (χ0v) is 15.2. The number of benzene rings is 2. The fourth-order valence-electron chi connectivity index (χ4n) is 3.55. The van der Waals surface area contributed by atoms with Crippen LogP contribution in [0.4, 0.5) is 5.69 Å². The lowest BCUT2D eigenvalue weighted by atomic mass is 9.88. The maximum Gasteiger partial charge on any atom is 0.264 e. The average molecular weight is 358 g/mol. The van der Waals surface area contributed by atoms with Gasteiger partial charge < -0.3 is 10.0 Å². The number of ketones is 1. The molecule has 1 heterocycles. The Balaban J connectivity index is 2.14. The molecule has 25 heavy (non-hydrogen) atoms. The molecule has 2 aromatic rings. The third-order valence-electron chi connectivity index (χ3n) is 4.55. The lowest BCUT2D eigenvalue weighted by molar-refractivity contribution is -0.141. The first-order valence-corrected chi connectivity index (χ1v) is 8.50. The highest BCUT2D eigenvalue weighted by Gasteiger charge is 2.51. The molecule has 0 aliphatic carbocycles. The van der Waals surface area contributed by atoms with Crippen LogP contribution in [0.2, 0.25) is 5.02 Å². The quantitative estimate of drug-likeness (QED) is 0.908. The molecule has 2 aromatic carbocycles. The van der Waals surface area contributed by atoms with E-state index in [2.05, 4.69) is 0 Å². The molecular weight excluding hydrogens is 338 g/mol. The number of hydrogen-bond donors (Lipinski definition) is 1. The number of fused-ring (bicyclic) bond motifs is 1. The third kappa shape index (κ3) is 2.96. The lowest BCUT2D eigenvalue weighted by Gasteiger charge is -2.22. The molecule has 3 rings (SSSR count). The van der Waals surface area contributed by atoms with Crippen LogP contribution in [0.3, 0.4) is 0 Å². The van der Waals surface area contributed by atoms with E-state index in [9.17, 15) is 14.7 Å². The lowest BCUT2D eigenvalue weighted by Crippen LogP contribution is -2.41. The van der Waals surface area contributed by atoms with E-state index < -0.39 is 11.5 Å². The SMILES string of the molecule is CC(=O)CC1(O)C(=O)N(Cc2ccccc2Cl)c2c(C)cc(C)cc21. The second-order valence-electron chi connectivity index (χ2n) is 6.70. The maximum atomic E-state index is 13.1. The first-order chi connectivity index (χ1) is 11.7. The molecule has 0 saturated heterocycles. The number of amides is 1. The molecule has 0 bridgehead atoms. The van der Waals surface area contributed by atoms with Crippen LogP contribution >= 0.6 is 11.6 Å². The zero-order valence-electron chi connectivity index (χ0n) is 14.5. The minimum atomic E-state index is -1.82. The predicted molar refractivity (Wildman–Crippen MR) is 97.8 cm³/mol. The summed E-state index contributed by atoms with van der Waals surface area (Å²) in [6.45, 7) is 5.43. The van der Waals surface area contributed by atoms with Gasteiger partial charge in [0.2, 0.25) is 0 Å². The number of Topliss-reactive ketones (excluding diaryl/α,β-unsaturated/α-hetero) is 1. The van der Waals surface area contributed by atoms with Crippen LogP contribution in [0.1, 0.15) is 35.6 Å². The molecule has 4 nitrogen and oxygen atoms in total. The van der Waals surface area contributed by atoms with Crippen LogP contribution in [-0.2, 0) is 21.7 Å². The number of rotatable bonds is 4. The van der Waals surface area contributed by atoms with Crippen molar-refractivity contribution in [3.05, 3.63) is 63.7 Å². The summed E-state index contributed by atoms with van der Waals surface area (Å²) >= 11 is 6.24. The van der Waals surface area contributed by atoms with Crippen LogP contribution in [0, 0.1) is 13.8 Å². The standard InChI is InChI=1S/C20H20ClNO3/c1-12-8-13(2)18-16(9-12)20(25,10-14(3)23)19(24)22(18)11-15-6-4-5-7-17(15)21/h4-9,25H,10-11H2,1-3H3. The first-order valence-electron chi connectivity index (χ1n) is 8.13. The van der Waals surface area contributed by atoms with Gasteiger partial charge >= 0.3 is 0 Å². The number of anilines is 1. The molecule has 0 fully saturated rings. The van der Waals surface area contributed by atoms with Crippen molar-refractivity contribution >= 4 is 29.0 Å².